The minimum Gasteiger partial charge on any atom is -0.363 e. The SMILES string of the molecule is Cn1nc(NC23CC(C2)C3)c2c1CCCC2. The van der Waals surface area contributed by atoms with E-state index in [1.54, 1.807) is 0 Å². The Balaban J connectivity index is 1.66. The van der Waals surface area contributed by atoms with Gasteiger partial charge in [0.05, 0.1) is 0 Å². The summed E-state index contributed by atoms with van der Waals surface area (Å²) >= 11 is 0. The van der Waals surface area contributed by atoms with Gasteiger partial charge in [-0.15, -0.1) is 0 Å². The van der Waals surface area contributed by atoms with Crippen molar-refractivity contribution in [3.8, 4) is 0 Å². The second-order valence-electron chi connectivity index (χ2n) is 5.99. The lowest BCUT2D eigenvalue weighted by atomic mass is 9.50. The smallest absolute Gasteiger partial charge is 0.151 e. The zero-order valence-corrected chi connectivity index (χ0v) is 9.92. The van der Waals surface area contributed by atoms with Crippen LogP contribution in [0.3, 0.4) is 0 Å². The molecule has 16 heavy (non-hydrogen) atoms. The van der Waals surface area contributed by atoms with Crippen molar-refractivity contribution in [3.05, 3.63) is 11.3 Å². The lowest BCUT2D eigenvalue weighted by Crippen LogP contribution is -2.63. The first-order valence-corrected chi connectivity index (χ1v) is 6.59. The average molecular weight is 217 g/mol. The van der Waals surface area contributed by atoms with Crippen LogP contribution in [-0.2, 0) is 19.9 Å². The van der Waals surface area contributed by atoms with Gasteiger partial charge < -0.3 is 5.32 Å². The van der Waals surface area contributed by atoms with E-state index in [9.17, 15) is 0 Å². The van der Waals surface area contributed by atoms with Crippen LogP contribution in [0.25, 0.3) is 0 Å². The van der Waals surface area contributed by atoms with E-state index in [1.807, 2.05) is 0 Å². The average Bonchev–Trinajstić information content (AvgIpc) is 2.49. The van der Waals surface area contributed by atoms with E-state index in [4.69, 9.17) is 0 Å². The topological polar surface area (TPSA) is 29.9 Å². The largest absolute Gasteiger partial charge is 0.363 e. The van der Waals surface area contributed by atoms with Crippen molar-refractivity contribution in [1.29, 1.82) is 0 Å². The number of hydrogen-bond donors (Lipinski definition) is 1. The van der Waals surface area contributed by atoms with Crippen molar-refractivity contribution in [2.75, 3.05) is 5.32 Å². The van der Waals surface area contributed by atoms with Crippen molar-refractivity contribution < 1.29 is 0 Å². The summed E-state index contributed by atoms with van der Waals surface area (Å²) in [6.45, 7) is 0. The Morgan fingerprint density at radius 1 is 1.25 bits per heavy atom. The molecule has 1 N–H and O–H groups in total. The van der Waals surface area contributed by atoms with Gasteiger partial charge in [-0.25, -0.2) is 0 Å². The minimum atomic E-state index is 0.463. The van der Waals surface area contributed by atoms with Crippen molar-refractivity contribution in [3.63, 3.8) is 0 Å². The number of aryl methyl sites for hydroxylation is 1. The third-order valence-corrected chi connectivity index (χ3v) is 4.79. The fourth-order valence-electron chi connectivity index (χ4n) is 3.76. The summed E-state index contributed by atoms with van der Waals surface area (Å²) in [5, 5.41) is 8.43. The number of nitrogens with one attached hydrogen (secondary N) is 1. The molecule has 1 aromatic rings. The molecule has 0 spiro atoms. The molecule has 3 fully saturated rings. The van der Waals surface area contributed by atoms with E-state index in [1.165, 1.54) is 62.0 Å². The van der Waals surface area contributed by atoms with Gasteiger partial charge in [0.25, 0.3) is 0 Å². The third-order valence-electron chi connectivity index (χ3n) is 4.79. The molecule has 0 saturated heterocycles. The lowest BCUT2D eigenvalue weighted by Gasteiger charge is -2.62. The maximum atomic E-state index is 4.69. The molecule has 2 bridgehead atoms. The van der Waals surface area contributed by atoms with Gasteiger partial charge in [0.2, 0.25) is 0 Å². The standard InChI is InChI=1S/C13H19N3/c1-16-11-5-3-2-4-10(11)12(15-16)14-13-6-9(7-13)8-13/h9H,2-8H2,1H3,(H,14,15). The summed E-state index contributed by atoms with van der Waals surface area (Å²) in [7, 11) is 2.09. The highest BCUT2D eigenvalue weighted by molar-refractivity contribution is 5.52. The monoisotopic (exact) mass is 217 g/mol. The molecule has 0 unspecified atom stereocenters. The van der Waals surface area contributed by atoms with Crippen molar-refractivity contribution in [1.82, 2.24) is 9.78 Å². The number of nitrogens with zero attached hydrogens (tertiary/aromatic N) is 2. The number of aromatic nitrogens is 2. The van der Waals surface area contributed by atoms with Gasteiger partial charge in [-0.2, -0.15) is 5.10 Å². The molecule has 0 amide bonds. The van der Waals surface area contributed by atoms with Crippen LogP contribution in [0.15, 0.2) is 0 Å². The number of hydrogen-bond acceptors (Lipinski definition) is 2. The molecule has 1 aromatic heterocycles. The Morgan fingerprint density at radius 2 is 2.00 bits per heavy atom. The molecule has 0 atom stereocenters. The first-order chi connectivity index (χ1) is 7.76. The van der Waals surface area contributed by atoms with E-state index < -0.39 is 0 Å². The molecule has 5 rings (SSSR count). The van der Waals surface area contributed by atoms with Crippen LogP contribution in [0, 0.1) is 5.92 Å². The molecule has 0 radical (unpaired) electrons. The molecular formula is C13H19N3. The van der Waals surface area contributed by atoms with Gasteiger partial charge in [0.15, 0.2) is 5.82 Å². The maximum absolute atomic E-state index is 4.69. The Hall–Kier alpha value is -0.990. The Kier molecular flexibility index (Phi) is 1.60. The fourth-order valence-corrected chi connectivity index (χ4v) is 3.76. The van der Waals surface area contributed by atoms with Gasteiger partial charge in [0, 0.05) is 23.8 Å². The van der Waals surface area contributed by atoms with Crippen LogP contribution in [-0.4, -0.2) is 15.3 Å². The molecule has 1 heterocycles. The maximum Gasteiger partial charge on any atom is 0.151 e. The predicted octanol–water partition coefficient (Wildman–Crippen LogP) is 2.26. The van der Waals surface area contributed by atoms with Gasteiger partial charge in [0.1, 0.15) is 0 Å². The molecule has 3 nitrogen and oxygen atoms in total. The summed E-state index contributed by atoms with van der Waals surface area (Å²) in [5.74, 6) is 2.24. The zero-order chi connectivity index (χ0) is 10.8. The highest BCUT2D eigenvalue weighted by Gasteiger charge is 2.57. The summed E-state index contributed by atoms with van der Waals surface area (Å²) in [4.78, 5) is 0. The van der Waals surface area contributed by atoms with Crippen molar-refractivity contribution >= 4 is 5.82 Å². The molecular weight excluding hydrogens is 198 g/mol. The van der Waals surface area contributed by atoms with Crippen LogP contribution < -0.4 is 5.32 Å². The quantitative estimate of drug-likeness (QED) is 0.823. The Morgan fingerprint density at radius 3 is 2.69 bits per heavy atom. The lowest BCUT2D eigenvalue weighted by molar-refractivity contribution is 0.00171. The molecule has 3 heteroatoms. The van der Waals surface area contributed by atoms with E-state index >= 15 is 0 Å². The van der Waals surface area contributed by atoms with E-state index in [0.717, 1.165) is 5.92 Å². The van der Waals surface area contributed by atoms with Crippen LogP contribution >= 0.6 is 0 Å². The molecule has 4 aliphatic carbocycles. The van der Waals surface area contributed by atoms with Gasteiger partial charge in [-0.05, 0) is 50.9 Å². The second kappa shape index (κ2) is 2.82. The van der Waals surface area contributed by atoms with E-state index in [2.05, 4.69) is 22.1 Å². The van der Waals surface area contributed by atoms with Crippen molar-refractivity contribution in [2.45, 2.75) is 50.5 Å². The highest BCUT2D eigenvalue weighted by Crippen LogP contribution is 2.58. The highest BCUT2D eigenvalue weighted by atomic mass is 15.3. The van der Waals surface area contributed by atoms with E-state index in [0.29, 0.717) is 5.54 Å². The Labute approximate surface area is 96.2 Å². The number of rotatable bonds is 2. The first-order valence-electron chi connectivity index (χ1n) is 6.59. The predicted molar refractivity (Wildman–Crippen MR) is 63.5 cm³/mol. The Bertz CT molecular complexity index is 429. The molecule has 4 aliphatic rings. The summed E-state index contributed by atoms with van der Waals surface area (Å²) in [5.41, 5.74) is 3.45. The van der Waals surface area contributed by atoms with E-state index in [-0.39, 0.29) is 0 Å². The second-order valence-corrected chi connectivity index (χ2v) is 5.99. The molecule has 3 saturated carbocycles. The normalized spacial score (nSPS) is 34.9. The van der Waals surface area contributed by atoms with Crippen LogP contribution in [0.1, 0.15) is 43.4 Å². The number of anilines is 1. The third kappa shape index (κ3) is 1.06. The molecule has 86 valence electrons. The molecule has 0 aliphatic heterocycles. The van der Waals surface area contributed by atoms with Gasteiger partial charge in [-0.1, -0.05) is 0 Å². The van der Waals surface area contributed by atoms with Crippen LogP contribution in [0.2, 0.25) is 0 Å². The fraction of sp³-hybridized carbons (Fsp3) is 0.769. The zero-order valence-electron chi connectivity index (χ0n) is 9.92. The minimum absolute atomic E-state index is 0.463. The number of fused-ring (bicyclic) bond motifs is 1. The molecule has 0 aromatic carbocycles. The van der Waals surface area contributed by atoms with Crippen molar-refractivity contribution in [2.24, 2.45) is 13.0 Å². The summed E-state index contributed by atoms with van der Waals surface area (Å²) < 4.78 is 2.10. The van der Waals surface area contributed by atoms with Crippen LogP contribution in [0.4, 0.5) is 5.82 Å². The summed E-state index contributed by atoms with van der Waals surface area (Å²) in [6, 6.07) is 0. The summed E-state index contributed by atoms with van der Waals surface area (Å²) in [6.07, 6.45) is 9.28. The first kappa shape index (κ1) is 9.08. The van der Waals surface area contributed by atoms with Gasteiger partial charge in [-0.3, -0.25) is 4.68 Å². The van der Waals surface area contributed by atoms with Gasteiger partial charge >= 0.3 is 0 Å². The van der Waals surface area contributed by atoms with Crippen LogP contribution in [0.5, 0.6) is 0 Å².